The number of fused-ring (bicyclic) bond motifs is 1. The quantitative estimate of drug-likeness (QED) is 0.732. The van der Waals surface area contributed by atoms with E-state index in [1.54, 1.807) is 13.2 Å². The summed E-state index contributed by atoms with van der Waals surface area (Å²) in [6.07, 6.45) is 0. The fraction of sp³-hybridized carbons (Fsp3) is 0.0833. The molecule has 0 fully saturated rings. The van der Waals surface area contributed by atoms with Gasteiger partial charge in [0.1, 0.15) is 11.3 Å². The molecule has 0 aliphatic heterocycles. The van der Waals surface area contributed by atoms with E-state index in [0.29, 0.717) is 17.3 Å². The van der Waals surface area contributed by atoms with E-state index in [2.05, 4.69) is 5.16 Å². The zero-order chi connectivity index (χ0) is 11.8. The summed E-state index contributed by atoms with van der Waals surface area (Å²) in [7, 11) is 1.61. The second-order valence-corrected chi connectivity index (χ2v) is 3.63. The van der Waals surface area contributed by atoms with Crippen LogP contribution in [-0.4, -0.2) is 12.3 Å². The highest BCUT2D eigenvalue weighted by Gasteiger charge is 2.11. The van der Waals surface area contributed by atoms with E-state index < -0.39 is 0 Å². The van der Waals surface area contributed by atoms with Crippen LogP contribution in [0.15, 0.2) is 39.3 Å². The number of anilines is 1. The maximum Gasteiger partial charge on any atom is 0.204 e. The molecular weight excluding hydrogens is 220 g/mol. The summed E-state index contributed by atoms with van der Waals surface area (Å²) >= 11 is 0. The number of hydrogen-bond acceptors (Lipinski definition) is 5. The van der Waals surface area contributed by atoms with Gasteiger partial charge in [-0.05, 0) is 18.2 Å². The van der Waals surface area contributed by atoms with Gasteiger partial charge >= 0.3 is 0 Å². The van der Waals surface area contributed by atoms with Gasteiger partial charge in [-0.3, -0.25) is 0 Å². The van der Waals surface area contributed by atoms with Crippen LogP contribution in [0.1, 0.15) is 0 Å². The van der Waals surface area contributed by atoms with Gasteiger partial charge in [-0.15, -0.1) is 0 Å². The average Bonchev–Trinajstić information content (AvgIpc) is 2.93. The summed E-state index contributed by atoms with van der Waals surface area (Å²) in [6.45, 7) is 0. The summed E-state index contributed by atoms with van der Waals surface area (Å²) in [5.41, 5.74) is 6.22. The highest BCUT2D eigenvalue weighted by molar-refractivity contribution is 5.83. The van der Waals surface area contributed by atoms with E-state index in [9.17, 15) is 0 Å². The lowest BCUT2D eigenvalue weighted by Gasteiger charge is -1.96. The summed E-state index contributed by atoms with van der Waals surface area (Å²) < 4.78 is 15.8. The summed E-state index contributed by atoms with van der Waals surface area (Å²) in [4.78, 5) is 0. The number of furan rings is 1. The number of rotatable bonds is 2. The van der Waals surface area contributed by atoms with Crippen molar-refractivity contribution in [2.75, 3.05) is 12.8 Å². The molecule has 17 heavy (non-hydrogen) atoms. The largest absolute Gasteiger partial charge is 0.497 e. The van der Waals surface area contributed by atoms with Crippen molar-refractivity contribution in [3.05, 3.63) is 30.3 Å². The first-order valence-electron chi connectivity index (χ1n) is 5.06. The van der Waals surface area contributed by atoms with Gasteiger partial charge in [0.2, 0.25) is 5.76 Å². The van der Waals surface area contributed by atoms with E-state index in [-0.39, 0.29) is 0 Å². The number of methoxy groups -OCH3 is 1. The van der Waals surface area contributed by atoms with Gasteiger partial charge in [0.25, 0.3) is 0 Å². The third-order valence-electron chi connectivity index (χ3n) is 2.50. The van der Waals surface area contributed by atoms with Gasteiger partial charge in [0.15, 0.2) is 11.6 Å². The molecule has 0 atom stereocenters. The Morgan fingerprint density at radius 2 is 2.06 bits per heavy atom. The maximum absolute atomic E-state index is 5.64. The molecule has 0 aliphatic rings. The lowest BCUT2D eigenvalue weighted by Crippen LogP contribution is -1.79. The normalized spacial score (nSPS) is 10.9. The van der Waals surface area contributed by atoms with E-state index in [1.165, 1.54) is 0 Å². The molecule has 0 amide bonds. The number of nitrogens with two attached hydrogens (primary N) is 1. The fourth-order valence-corrected chi connectivity index (χ4v) is 1.66. The maximum atomic E-state index is 5.64. The van der Waals surface area contributed by atoms with E-state index in [1.807, 2.05) is 24.3 Å². The average molecular weight is 230 g/mol. The molecule has 0 saturated carbocycles. The minimum absolute atomic E-state index is 0.332. The second kappa shape index (κ2) is 3.55. The first kappa shape index (κ1) is 9.77. The third kappa shape index (κ3) is 1.61. The Bertz CT molecular complexity index is 669. The van der Waals surface area contributed by atoms with Crippen LogP contribution in [0.25, 0.3) is 22.5 Å². The van der Waals surface area contributed by atoms with Crippen molar-refractivity contribution in [1.29, 1.82) is 0 Å². The minimum Gasteiger partial charge on any atom is -0.497 e. The molecule has 0 bridgehead atoms. The van der Waals surface area contributed by atoms with Crippen LogP contribution < -0.4 is 10.5 Å². The van der Waals surface area contributed by atoms with Gasteiger partial charge in [-0.1, -0.05) is 5.16 Å². The minimum atomic E-state index is 0.332. The Labute approximate surface area is 96.7 Å². The van der Waals surface area contributed by atoms with Crippen LogP contribution in [0.3, 0.4) is 0 Å². The van der Waals surface area contributed by atoms with Crippen molar-refractivity contribution in [2.24, 2.45) is 0 Å². The Morgan fingerprint density at radius 3 is 2.76 bits per heavy atom. The van der Waals surface area contributed by atoms with Gasteiger partial charge in [-0.25, -0.2) is 0 Å². The fourth-order valence-electron chi connectivity index (χ4n) is 1.66. The van der Waals surface area contributed by atoms with E-state index in [4.69, 9.17) is 19.4 Å². The molecule has 0 aliphatic carbocycles. The topological polar surface area (TPSA) is 74.4 Å². The van der Waals surface area contributed by atoms with Crippen molar-refractivity contribution in [1.82, 2.24) is 5.16 Å². The molecular formula is C12H10N2O3. The number of aromatic nitrogens is 1. The van der Waals surface area contributed by atoms with Gasteiger partial charge in [0, 0.05) is 17.5 Å². The SMILES string of the molecule is COc1ccc2cc(-c3cc(N)no3)oc2c1. The molecule has 2 N–H and O–H groups in total. The van der Waals surface area contributed by atoms with Crippen molar-refractivity contribution < 1.29 is 13.7 Å². The van der Waals surface area contributed by atoms with Crippen LogP contribution in [0.2, 0.25) is 0 Å². The molecule has 86 valence electrons. The standard InChI is InChI=1S/C12H10N2O3/c1-15-8-3-2-7-4-10(16-9(7)5-8)11-6-12(13)14-17-11/h2-6H,1H3,(H2,13,14). The zero-order valence-corrected chi connectivity index (χ0v) is 9.14. The monoisotopic (exact) mass is 230 g/mol. The van der Waals surface area contributed by atoms with Gasteiger partial charge < -0.3 is 19.4 Å². The number of ether oxygens (including phenoxy) is 1. The predicted octanol–water partition coefficient (Wildman–Crippen LogP) is 2.68. The Balaban J connectivity index is 2.13. The van der Waals surface area contributed by atoms with Gasteiger partial charge in [-0.2, -0.15) is 0 Å². The summed E-state index contributed by atoms with van der Waals surface area (Å²) in [5, 5.41) is 4.58. The highest BCUT2D eigenvalue weighted by atomic mass is 16.5. The first-order chi connectivity index (χ1) is 8.26. The molecule has 1 aromatic carbocycles. The van der Waals surface area contributed by atoms with Crippen LogP contribution in [0.5, 0.6) is 5.75 Å². The Morgan fingerprint density at radius 1 is 1.18 bits per heavy atom. The number of nitrogen functional groups attached to an aromatic ring is 1. The first-order valence-corrected chi connectivity index (χ1v) is 5.06. The third-order valence-corrected chi connectivity index (χ3v) is 2.50. The molecule has 0 spiro atoms. The lowest BCUT2D eigenvalue weighted by atomic mass is 10.2. The highest BCUT2D eigenvalue weighted by Crippen LogP contribution is 2.30. The molecule has 3 aromatic rings. The van der Waals surface area contributed by atoms with Crippen LogP contribution in [0.4, 0.5) is 5.82 Å². The van der Waals surface area contributed by atoms with E-state index in [0.717, 1.165) is 16.7 Å². The molecule has 2 aromatic heterocycles. The van der Waals surface area contributed by atoms with Crippen LogP contribution >= 0.6 is 0 Å². The van der Waals surface area contributed by atoms with Crippen molar-refractivity contribution in [2.45, 2.75) is 0 Å². The zero-order valence-electron chi connectivity index (χ0n) is 9.14. The molecule has 0 unspecified atom stereocenters. The molecule has 3 rings (SSSR count). The van der Waals surface area contributed by atoms with E-state index >= 15 is 0 Å². The smallest absolute Gasteiger partial charge is 0.204 e. The predicted molar refractivity (Wildman–Crippen MR) is 62.7 cm³/mol. The van der Waals surface area contributed by atoms with Crippen molar-refractivity contribution in [3.63, 3.8) is 0 Å². The Kier molecular flexibility index (Phi) is 2.04. The summed E-state index contributed by atoms with van der Waals surface area (Å²) in [6, 6.07) is 9.10. The lowest BCUT2D eigenvalue weighted by molar-refractivity contribution is 0.413. The number of nitrogens with zero attached hydrogens (tertiary/aromatic N) is 1. The van der Waals surface area contributed by atoms with Crippen molar-refractivity contribution >= 4 is 16.8 Å². The molecule has 2 heterocycles. The summed E-state index contributed by atoms with van der Waals surface area (Å²) in [5.74, 6) is 2.18. The number of hydrogen-bond donors (Lipinski definition) is 1. The molecule has 0 saturated heterocycles. The van der Waals surface area contributed by atoms with Crippen LogP contribution in [-0.2, 0) is 0 Å². The molecule has 5 heteroatoms. The van der Waals surface area contributed by atoms with Crippen LogP contribution in [0, 0.1) is 0 Å². The van der Waals surface area contributed by atoms with Gasteiger partial charge in [0.05, 0.1) is 7.11 Å². The molecule has 0 radical (unpaired) electrons. The second-order valence-electron chi connectivity index (χ2n) is 3.63. The van der Waals surface area contributed by atoms with Crippen molar-refractivity contribution in [3.8, 4) is 17.3 Å². The number of benzene rings is 1. The molecule has 5 nitrogen and oxygen atoms in total. The Hall–Kier alpha value is -2.43.